The van der Waals surface area contributed by atoms with E-state index in [4.69, 9.17) is 4.74 Å². The Balaban J connectivity index is 1.29. The van der Waals surface area contributed by atoms with E-state index in [2.05, 4.69) is 10.4 Å². The number of fused-ring (bicyclic) bond motifs is 1. The van der Waals surface area contributed by atoms with Gasteiger partial charge < -0.3 is 15.0 Å². The number of nitrogens with one attached hydrogen (secondary N) is 1. The Kier molecular flexibility index (Phi) is 7.46. The molecule has 0 spiro atoms. The van der Waals surface area contributed by atoms with E-state index in [-0.39, 0.29) is 35.1 Å². The molecular formula is C31H24F4N6O5. The first-order valence-corrected chi connectivity index (χ1v) is 13.9. The first-order chi connectivity index (χ1) is 21.8. The number of halogens is 4. The van der Waals surface area contributed by atoms with Crippen molar-refractivity contribution in [2.24, 2.45) is 0 Å². The second-order valence-electron chi connectivity index (χ2n) is 10.8. The quantitative estimate of drug-likeness (QED) is 0.253. The zero-order valence-electron chi connectivity index (χ0n) is 24.2. The van der Waals surface area contributed by atoms with Crippen LogP contribution < -0.4 is 26.2 Å². The third kappa shape index (κ3) is 5.39. The van der Waals surface area contributed by atoms with E-state index in [0.717, 1.165) is 33.9 Å². The minimum atomic E-state index is -3.51. The van der Waals surface area contributed by atoms with Crippen molar-refractivity contribution in [3.63, 3.8) is 0 Å². The third-order valence-electron chi connectivity index (χ3n) is 7.38. The summed E-state index contributed by atoms with van der Waals surface area (Å²) in [4.78, 5) is 52.7. The normalized spacial score (nSPS) is 14.3. The van der Waals surface area contributed by atoms with Crippen LogP contribution in [0.5, 0.6) is 11.5 Å². The van der Waals surface area contributed by atoms with Crippen molar-refractivity contribution in [3.05, 3.63) is 111 Å². The van der Waals surface area contributed by atoms with E-state index in [1.165, 1.54) is 51.8 Å². The zero-order valence-corrected chi connectivity index (χ0v) is 24.2. The van der Waals surface area contributed by atoms with Crippen LogP contribution in [0.4, 0.5) is 28.9 Å². The van der Waals surface area contributed by atoms with Crippen LogP contribution in [-0.2, 0) is 4.79 Å². The third-order valence-corrected chi connectivity index (χ3v) is 7.38. The maximum Gasteiger partial charge on any atom is 0.335 e. The summed E-state index contributed by atoms with van der Waals surface area (Å²) in [5.41, 5.74) is -1.71. The molecule has 1 aliphatic heterocycles. The van der Waals surface area contributed by atoms with Crippen molar-refractivity contribution in [2.45, 2.75) is 32.2 Å². The molecule has 236 valence electrons. The number of pyridine rings is 1. The highest BCUT2D eigenvalue weighted by atomic mass is 19.3. The summed E-state index contributed by atoms with van der Waals surface area (Å²) >= 11 is 0. The molecule has 1 N–H and O–H groups in total. The van der Waals surface area contributed by atoms with Gasteiger partial charge >= 0.3 is 11.6 Å². The first kappa shape index (κ1) is 30.3. The Bertz CT molecular complexity index is 2140. The maximum atomic E-state index is 15.3. The van der Waals surface area contributed by atoms with Crippen molar-refractivity contribution < 1.29 is 31.9 Å². The highest BCUT2D eigenvalue weighted by molar-refractivity contribution is 6.04. The summed E-state index contributed by atoms with van der Waals surface area (Å²) in [5.74, 6) is -7.62. The summed E-state index contributed by atoms with van der Waals surface area (Å²) in [6.45, 7) is 3.11. The van der Waals surface area contributed by atoms with Crippen LogP contribution in [0.2, 0.25) is 0 Å². The summed E-state index contributed by atoms with van der Waals surface area (Å²) < 4.78 is 65.6. The van der Waals surface area contributed by atoms with Gasteiger partial charge in [-0.25, -0.2) is 22.7 Å². The monoisotopic (exact) mass is 636 g/mol. The van der Waals surface area contributed by atoms with Crippen molar-refractivity contribution in [3.8, 4) is 17.2 Å². The Hall–Kier alpha value is -5.73. The summed E-state index contributed by atoms with van der Waals surface area (Å²) in [5, 5.41) is 6.51. The molecule has 6 rings (SSSR count). The molecule has 11 nitrogen and oxygen atoms in total. The fourth-order valence-corrected chi connectivity index (χ4v) is 5.01. The predicted molar refractivity (Wildman–Crippen MR) is 158 cm³/mol. The number of alkyl halides is 2. The molecule has 1 aliphatic rings. The van der Waals surface area contributed by atoms with E-state index in [1.807, 2.05) is 0 Å². The number of carbonyl (C=O) groups is 2. The van der Waals surface area contributed by atoms with Gasteiger partial charge in [0.25, 0.3) is 17.4 Å². The fraction of sp³-hybridized carbons (Fsp3) is 0.194. The Morgan fingerprint density at radius 2 is 1.70 bits per heavy atom. The smallest absolute Gasteiger partial charge is 0.335 e. The van der Waals surface area contributed by atoms with Gasteiger partial charge in [0.2, 0.25) is 0 Å². The van der Waals surface area contributed by atoms with Gasteiger partial charge in [-0.2, -0.15) is 13.9 Å². The second kappa shape index (κ2) is 11.3. The van der Waals surface area contributed by atoms with Gasteiger partial charge in [0.05, 0.1) is 23.8 Å². The molecule has 4 heterocycles. The van der Waals surface area contributed by atoms with Crippen molar-refractivity contribution in [1.82, 2.24) is 18.7 Å². The molecule has 5 aromatic rings. The second-order valence-corrected chi connectivity index (χ2v) is 10.8. The lowest BCUT2D eigenvalue weighted by molar-refractivity contribution is -0.137. The Morgan fingerprint density at radius 3 is 2.35 bits per heavy atom. The van der Waals surface area contributed by atoms with Gasteiger partial charge in [-0.05, 0) is 56.3 Å². The van der Waals surface area contributed by atoms with Gasteiger partial charge in [-0.15, -0.1) is 0 Å². The Labute approximate surface area is 256 Å². The van der Waals surface area contributed by atoms with Crippen LogP contribution >= 0.6 is 0 Å². The largest absolute Gasteiger partial charge is 0.452 e. The van der Waals surface area contributed by atoms with Gasteiger partial charge in [0.15, 0.2) is 17.3 Å². The molecule has 46 heavy (non-hydrogen) atoms. The number of rotatable bonds is 7. The predicted octanol–water partition coefficient (Wildman–Crippen LogP) is 4.92. The highest BCUT2D eigenvalue weighted by Crippen LogP contribution is 2.37. The number of carbonyl (C=O) groups excluding carboxylic acids is 2. The van der Waals surface area contributed by atoms with E-state index in [0.29, 0.717) is 5.52 Å². The van der Waals surface area contributed by atoms with Gasteiger partial charge in [-0.1, -0.05) is 0 Å². The van der Waals surface area contributed by atoms with Gasteiger partial charge in [-0.3, -0.25) is 19.0 Å². The lowest BCUT2D eigenvalue weighted by Gasteiger charge is -2.18. The topological polar surface area (TPSA) is 120 Å². The van der Waals surface area contributed by atoms with Crippen LogP contribution in [-0.4, -0.2) is 43.0 Å². The summed E-state index contributed by atoms with van der Waals surface area (Å²) in [6, 6.07) is 10.4. The Morgan fingerprint density at radius 1 is 0.957 bits per heavy atom. The van der Waals surface area contributed by atoms with E-state index < -0.39 is 58.6 Å². The van der Waals surface area contributed by atoms with Crippen LogP contribution in [0, 0.1) is 11.6 Å². The SMILES string of the molecule is CC(C)n1cc(C(=O)Nc2ccc(Oc3cc(N4CCC(F)(F)C4=O)cn4nccc34)c(F)c2)c(=O)n(-c2ccc(F)cc2)c1=O. The van der Waals surface area contributed by atoms with E-state index >= 15 is 4.39 Å². The summed E-state index contributed by atoms with van der Waals surface area (Å²) in [6.07, 6.45) is 3.24. The molecule has 0 bridgehead atoms. The fourth-order valence-electron chi connectivity index (χ4n) is 5.01. The number of anilines is 2. The molecule has 0 unspecified atom stereocenters. The molecule has 0 radical (unpaired) electrons. The van der Waals surface area contributed by atoms with Crippen molar-refractivity contribution >= 4 is 28.7 Å². The number of benzene rings is 2. The number of aromatic nitrogens is 4. The molecule has 1 fully saturated rings. The van der Waals surface area contributed by atoms with Crippen LogP contribution in [0.3, 0.4) is 0 Å². The lowest BCUT2D eigenvalue weighted by atomic mass is 10.2. The average molecular weight is 637 g/mol. The molecule has 2 aromatic carbocycles. The standard InChI is InChI=1S/C31H24F4N6O5/c1-17(2)39-16-22(28(43)41(30(39)45)20-6-3-18(32)4-7-20)27(42)37-19-5-8-25(23(33)13-19)46-26-14-21(15-40-24(26)9-11-36-40)38-12-10-31(34,35)29(38)44/h3-9,11,13-17H,10,12H2,1-2H3,(H,37,42). The average Bonchev–Trinajstić information content (AvgIpc) is 3.58. The van der Waals surface area contributed by atoms with Crippen LogP contribution in [0.25, 0.3) is 11.2 Å². The zero-order chi connectivity index (χ0) is 32.9. The van der Waals surface area contributed by atoms with Crippen molar-refractivity contribution in [2.75, 3.05) is 16.8 Å². The lowest BCUT2D eigenvalue weighted by Crippen LogP contribution is -2.42. The molecule has 2 amide bonds. The number of hydrogen-bond acceptors (Lipinski definition) is 6. The van der Waals surface area contributed by atoms with Crippen LogP contribution in [0.1, 0.15) is 36.7 Å². The van der Waals surface area contributed by atoms with Gasteiger partial charge in [0.1, 0.15) is 16.9 Å². The van der Waals surface area contributed by atoms with Gasteiger partial charge in [0, 0.05) is 43.0 Å². The molecular weight excluding hydrogens is 612 g/mol. The van der Waals surface area contributed by atoms with E-state index in [1.54, 1.807) is 19.9 Å². The van der Waals surface area contributed by atoms with E-state index in [9.17, 15) is 32.3 Å². The number of amides is 2. The molecule has 0 aliphatic carbocycles. The molecule has 0 atom stereocenters. The minimum absolute atomic E-state index is 0.0194. The number of nitrogens with zero attached hydrogens (tertiary/aromatic N) is 5. The number of ether oxygens (including phenoxy) is 1. The van der Waals surface area contributed by atoms with Crippen LogP contribution in [0.15, 0.2) is 82.8 Å². The summed E-state index contributed by atoms with van der Waals surface area (Å²) in [7, 11) is 0. The van der Waals surface area contributed by atoms with Crippen molar-refractivity contribution in [1.29, 1.82) is 0 Å². The first-order valence-electron chi connectivity index (χ1n) is 13.9. The molecule has 1 saturated heterocycles. The highest BCUT2D eigenvalue weighted by Gasteiger charge is 2.48. The minimum Gasteiger partial charge on any atom is -0.452 e. The maximum absolute atomic E-state index is 15.3. The molecule has 3 aromatic heterocycles. The number of hydrogen-bond donors (Lipinski definition) is 1. The molecule has 15 heteroatoms. The molecule has 0 saturated carbocycles.